The highest BCUT2D eigenvalue weighted by molar-refractivity contribution is 7.19. The molecule has 1 unspecified atom stereocenters. The molecule has 0 aliphatic heterocycles. The van der Waals surface area contributed by atoms with Crippen molar-refractivity contribution in [1.29, 1.82) is 0 Å². The van der Waals surface area contributed by atoms with E-state index in [2.05, 4.69) is 63.9 Å². The zero-order valence-electron chi connectivity index (χ0n) is 15.3. The number of oxazole rings is 1. The third-order valence-corrected chi connectivity index (χ3v) is 6.11. The molecule has 0 amide bonds. The van der Waals surface area contributed by atoms with Crippen LogP contribution in [-0.4, -0.2) is 4.98 Å². The zero-order chi connectivity index (χ0) is 17.3. The molecule has 3 heteroatoms. The van der Waals surface area contributed by atoms with Crippen LogP contribution in [0.3, 0.4) is 0 Å². The molecule has 2 nitrogen and oxygen atoms in total. The Hall–Kier alpha value is -1.61. The van der Waals surface area contributed by atoms with E-state index >= 15 is 0 Å². The lowest BCUT2D eigenvalue weighted by molar-refractivity contribution is 0.417. The molecule has 0 saturated carbocycles. The van der Waals surface area contributed by atoms with Gasteiger partial charge in [0.25, 0.3) is 0 Å². The van der Waals surface area contributed by atoms with Crippen molar-refractivity contribution < 1.29 is 4.42 Å². The Morgan fingerprint density at radius 2 is 1.88 bits per heavy atom. The normalized spacial score (nSPS) is 14.4. The first-order valence-corrected chi connectivity index (χ1v) is 9.77. The summed E-state index contributed by atoms with van der Waals surface area (Å²) in [5.74, 6) is 3.35. The Balaban J connectivity index is 1.76. The van der Waals surface area contributed by atoms with Crippen molar-refractivity contribution in [1.82, 2.24) is 4.98 Å². The maximum Gasteiger partial charge on any atom is 0.194 e. The number of aryl methyl sites for hydroxylation is 1. The van der Waals surface area contributed by atoms with Gasteiger partial charge in [-0.15, -0.1) is 11.3 Å². The number of rotatable bonds is 6. The van der Waals surface area contributed by atoms with Crippen LogP contribution in [0.1, 0.15) is 80.9 Å². The molecule has 0 aliphatic carbocycles. The summed E-state index contributed by atoms with van der Waals surface area (Å²) < 4.78 is 7.23. The first kappa shape index (κ1) is 17.2. The number of thiophene rings is 1. The highest BCUT2D eigenvalue weighted by atomic mass is 32.1. The van der Waals surface area contributed by atoms with Gasteiger partial charge in [0.1, 0.15) is 5.76 Å². The molecule has 0 saturated heterocycles. The van der Waals surface area contributed by atoms with Gasteiger partial charge in [-0.2, -0.15) is 0 Å². The number of benzene rings is 1. The summed E-state index contributed by atoms with van der Waals surface area (Å²) in [5, 5.41) is 1.37. The van der Waals surface area contributed by atoms with Gasteiger partial charge in [0.15, 0.2) is 5.89 Å². The van der Waals surface area contributed by atoms with Crippen molar-refractivity contribution in [3.63, 3.8) is 0 Å². The van der Waals surface area contributed by atoms with Gasteiger partial charge in [0.05, 0.1) is 6.20 Å². The number of hydrogen-bond donors (Lipinski definition) is 0. The van der Waals surface area contributed by atoms with Gasteiger partial charge in [-0.05, 0) is 41.3 Å². The summed E-state index contributed by atoms with van der Waals surface area (Å²) in [6, 6.07) is 9.25. The van der Waals surface area contributed by atoms with E-state index in [0.717, 1.165) is 24.5 Å². The standard InChI is InChI=1S/C21H27NOS/c1-6-21-22-12-18(23-21)14(4)9-15(5)19-11-17-8-7-16(13(2)3)10-20(17)24-19/h7-8,10-15H,6,9H2,1-5H3/t14?,15-/m0/s1. The molecular formula is C21H27NOS. The van der Waals surface area contributed by atoms with Crippen LogP contribution < -0.4 is 0 Å². The molecule has 0 bridgehead atoms. The lowest BCUT2D eigenvalue weighted by atomic mass is 9.94. The van der Waals surface area contributed by atoms with E-state index in [1.165, 1.54) is 20.5 Å². The van der Waals surface area contributed by atoms with Crippen molar-refractivity contribution in [3.05, 3.63) is 52.6 Å². The third-order valence-electron chi connectivity index (χ3n) is 4.78. The number of aromatic nitrogens is 1. The van der Waals surface area contributed by atoms with Gasteiger partial charge in [0, 0.05) is 21.9 Å². The van der Waals surface area contributed by atoms with Gasteiger partial charge in [-0.25, -0.2) is 4.98 Å². The monoisotopic (exact) mass is 341 g/mol. The van der Waals surface area contributed by atoms with Gasteiger partial charge >= 0.3 is 0 Å². The van der Waals surface area contributed by atoms with E-state index in [9.17, 15) is 0 Å². The lowest BCUT2D eigenvalue weighted by Crippen LogP contribution is -1.98. The Morgan fingerprint density at radius 3 is 2.54 bits per heavy atom. The van der Waals surface area contributed by atoms with Crippen molar-refractivity contribution in [2.75, 3.05) is 0 Å². The molecule has 2 atom stereocenters. The molecule has 2 aromatic heterocycles. The minimum absolute atomic E-state index is 0.393. The maximum absolute atomic E-state index is 5.82. The average Bonchev–Trinajstić information content (AvgIpc) is 3.20. The second-order valence-corrected chi connectivity index (χ2v) is 8.26. The summed E-state index contributed by atoms with van der Waals surface area (Å²) in [4.78, 5) is 5.80. The molecule has 0 spiro atoms. The van der Waals surface area contributed by atoms with Crippen LogP contribution >= 0.6 is 11.3 Å². The molecule has 3 aromatic rings. The van der Waals surface area contributed by atoms with E-state index in [1.54, 1.807) is 0 Å². The SMILES string of the molecule is CCc1ncc(C(C)C[C@H](C)c2cc3ccc(C(C)C)cc3s2)o1. The first-order valence-electron chi connectivity index (χ1n) is 8.95. The second kappa shape index (κ2) is 7.10. The quantitative estimate of drug-likeness (QED) is 0.489. The smallest absolute Gasteiger partial charge is 0.194 e. The number of nitrogens with zero attached hydrogens (tertiary/aromatic N) is 1. The largest absolute Gasteiger partial charge is 0.445 e. The molecule has 0 N–H and O–H groups in total. The van der Waals surface area contributed by atoms with Gasteiger partial charge in [-0.3, -0.25) is 0 Å². The van der Waals surface area contributed by atoms with Crippen LogP contribution in [0.4, 0.5) is 0 Å². The van der Waals surface area contributed by atoms with E-state index in [1.807, 2.05) is 17.5 Å². The van der Waals surface area contributed by atoms with Crippen LogP contribution in [0.15, 0.2) is 34.9 Å². The third kappa shape index (κ3) is 3.56. The van der Waals surface area contributed by atoms with Gasteiger partial charge < -0.3 is 4.42 Å². The molecule has 0 radical (unpaired) electrons. The van der Waals surface area contributed by atoms with Crippen molar-refractivity contribution in [2.24, 2.45) is 0 Å². The second-order valence-electron chi connectivity index (χ2n) is 7.15. The Kier molecular flexibility index (Phi) is 5.09. The predicted octanol–water partition coefficient (Wildman–Crippen LogP) is 6.87. The first-order chi connectivity index (χ1) is 11.5. The van der Waals surface area contributed by atoms with E-state index in [-0.39, 0.29) is 0 Å². The van der Waals surface area contributed by atoms with Crippen LogP contribution in [0.5, 0.6) is 0 Å². The Labute approximate surface area is 148 Å². The van der Waals surface area contributed by atoms with Crippen molar-refractivity contribution in [3.8, 4) is 0 Å². The van der Waals surface area contributed by atoms with Crippen molar-refractivity contribution >= 4 is 21.4 Å². The fourth-order valence-corrected chi connectivity index (χ4v) is 4.33. The predicted molar refractivity (Wildman–Crippen MR) is 103 cm³/mol. The van der Waals surface area contributed by atoms with E-state index in [0.29, 0.717) is 17.8 Å². The van der Waals surface area contributed by atoms with Gasteiger partial charge in [0.2, 0.25) is 0 Å². The summed E-state index contributed by atoms with van der Waals surface area (Å²) in [5.41, 5.74) is 1.42. The molecule has 0 fully saturated rings. The van der Waals surface area contributed by atoms with Gasteiger partial charge in [-0.1, -0.05) is 46.8 Å². The average molecular weight is 342 g/mol. The minimum Gasteiger partial charge on any atom is -0.445 e. The number of hydrogen-bond acceptors (Lipinski definition) is 3. The van der Waals surface area contributed by atoms with Crippen LogP contribution in [0, 0.1) is 0 Å². The summed E-state index contributed by atoms with van der Waals surface area (Å²) in [6.45, 7) is 11.1. The Morgan fingerprint density at radius 1 is 1.08 bits per heavy atom. The fourth-order valence-electron chi connectivity index (χ4n) is 3.15. The lowest BCUT2D eigenvalue weighted by Gasteiger charge is -2.13. The van der Waals surface area contributed by atoms with E-state index < -0.39 is 0 Å². The molecule has 24 heavy (non-hydrogen) atoms. The summed E-state index contributed by atoms with van der Waals surface area (Å²) in [7, 11) is 0. The molecular weight excluding hydrogens is 314 g/mol. The summed E-state index contributed by atoms with van der Waals surface area (Å²) >= 11 is 1.94. The van der Waals surface area contributed by atoms with E-state index in [4.69, 9.17) is 4.42 Å². The highest BCUT2D eigenvalue weighted by Crippen LogP contribution is 2.37. The molecule has 2 heterocycles. The maximum atomic E-state index is 5.82. The summed E-state index contributed by atoms with van der Waals surface area (Å²) in [6.07, 6.45) is 3.84. The topological polar surface area (TPSA) is 26.0 Å². The number of fused-ring (bicyclic) bond motifs is 1. The highest BCUT2D eigenvalue weighted by Gasteiger charge is 2.18. The fraction of sp³-hybridized carbons (Fsp3) is 0.476. The van der Waals surface area contributed by atoms with Crippen LogP contribution in [0.25, 0.3) is 10.1 Å². The zero-order valence-corrected chi connectivity index (χ0v) is 16.1. The molecule has 128 valence electrons. The molecule has 1 aromatic carbocycles. The molecule has 3 rings (SSSR count). The Bertz CT molecular complexity index is 814. The van der Waals surface area contributed by atoms with Crippen LogP contribution in [0.2, 0.25) is 0 Å². The van der Waals surface area contributed by atoms with Crippen LogP contribution in [-0.2, 0) is 6.42 Å². The molecule has 0 aliphatic rings. The van der Waals surface area contributed by atoms with Crippen molar-refractivity contribution in [2.45, 2.75) is 65.2 Å². The minimum atomic E-state index is 0.393.